The lowest BCUT2D eigenvalue weighted by atomic mass is 10.1. The number of nitrogens with one attached hydrogen (secondary N) is 1. The van der Waals surface area contributed by atoms with Crippen LogP contribution in [0.25, 0.3) is 0 Å². The summed E-state index contributed by atoms with van der Waals surface area (Å²) in [6, 6.07) is 10.1. The summed E-state index contributed by atoms with van der Waals surface area (Å²) < 4.78 is 75.9. The third-order valence-corrected chi connectivity index (χ3v) is 3.51. The van der Waals surface area contributed by atoms with Crippen LogP contribution in [-0.2, 0) is 18.9 Å². The molecule has 0 aliphatic rings. The van der Waals surface area contributed by atoms with Gasteiger partial charge in [0.15, 0.2) is 0 Å². The molecule has 0 aliphatic carbocycles. The Kier molecular flexibility index (Phi) is 5.54. The monoisotopic (exact) mass is 347 g/mol. The van der Waals surface area contributed by atoms with Gasteiger partial charge in [0, 0.05) is 12.1 Å². The summed E-state index contributed by atoms with van der Waals surface area (Å²) in [6.45, 7) is 0.894. The zero-order valence-corrected chi connectivity index (χ0v) is 12.5. The SMILES string of the molecule is Fc1ccc(CCNCc2ccc(C(F)(F)C(F)(F)F)cc2)cc1. The van der Waals surface area contributed by atoms with E-state index in [0.717, 1.165) is 17.7 Å². The van der Waals surface area contributed by atoms with Crippen LogP contribution in [0, 0.1) is 5.82 Å². The summed E-state index contributed by atoms with van der Waals surface area (Å²) in [4.78, 5) is 0. The van der Waals surface area contributed by atoms with Crippen molar-refractivity contribution in [3.63, 3.8) is 0 Å². The summed E-state index contributed by atoms with van der Waals surface area (Å²) in [7, 11) is 0. The molecule has 0 radical (unpaired) electrons. The largest absolute Gasteiger partial charge is 0.458 e. The van der Waals surface area contributed by atoms with Crippen LogP contribution in [0.2, 0.25) is 0 Å². The molecule has 0 amide bonds. The average molecular weight is 347 g/mol. The van der Waals surface area contributed by atoms with Crippen LogP contribution in [0.3, 0.4) is 0 Å². The number of halogens is 6. The minimum Gasteiger partial charge on any atom is -0.312 e. The standard InChI is InChI=1S/C17H15F6N/c18-15-7-3-12(4-8-15)9-10-24-11-13-1-5-14(6-2-13)16(19,20)17(21,22)23/h1-8,24H,9-11H2. The smallest absolute Gasteiger partial charge is 0.312 e. The molecule has 0 fully saturated rings. The Balaban J connectivity index is 1.85. The van der Waals surface area contributed by atoms with Crippen molar-refractivity contribution in [3.8, 4) is 0 Å². The van der Waals surface area contributed by atoms with Gasteiger partial charge in [0.2, 0.25) is 0 Å². The molecule has 2 aromatic carbocycles. The first kappa shape index (κ1) is 18.3. The van der Waals surface area contributed by atoms with Crippen LogP contribution in [0.15, 0.2) is 48.5 Å². The first-order chi connectivity index (χ1) is 11.2. The maximum atomic E-state index is 13.1. The Hall–Kier alpha value is -2.02. The Morgan fingerprint density at radius 3 is 1.83 bits per heavy atom. The van der Waals surface area contributed by atoms with E-state index in [0.29, 0.717) is 25.1 Å². The molecular weight excluding hydrogens is 332 g/mol. The number of benzene rings is 2. The Bertz CT molecular complexity index is 646. The van der Waals surface area contributed by atoms with Gasteiger partial charge in [0.25, 0.3) is 0 Å². The molecule has 7 heteroatoms. The minimum absolute atomic E-state index is 0.317. The fourth-order valence-electron chi connectivity index (χ4n) is 2.11. The molecule has 1 nitrogen and oxygen atoms in total. The van der Waals surface area contributed by atoms with Gasteiger partial charge in [-0.25, -0.2) is 4.39 Å². The number of rotatable bonds is 6. The molecule has 2 rings (SSSR count). The molecule has 0 saturated heterocycles. The van der Waals surface area contributed by atoms with Gasteiger partial charge in [-0.2, -0.15) is 22.0 Å². The second-order valence-corrected chi connectivity index (χ2v) is 5.32. The van der Waals surface area contributed by atoms with Gasteiger partial charge in [-0.1, -0.05) is 36.4 Å². The Labute approximate surface area is 135 Å². The van der Waals surface area contributed by atoms with Crippen LogP contribution >= 0.6 is 0 Å². The van der Waals surface area contributed by atoms with E-state index in [4.69, 9.17) is 0 Å². The van der Waals surface area contributed by atoms with Crippen molar-refractivity contribution in [2.75, 3.05) is 6.54 Å². The van der Waals surface area contributed by atoms with Crippen molar-refractivity contribution < 1.29 is 26.3 Å². The van der Waals surface area contributed by atoms with Gasteiger partial charge < -0.3 is 5.32 Å². The Morgan fingerprint density at radius 2 is 1.29 bits per heavy atom. The minimum atomic E-state index is -5.61. The predicted octanol–water partition coefficient (Wildman–Crippen LogP) is 4.81. The topological polar surface area (TPSA) is 12.0 Å². The fraction of sp³-hybridized carbons (Fsp3) is 0.294. The lowest BCUT2D eigenvalue weighted by Gasteiger charge is -2.20. The molecule has 130 valence electrons. The molecule has 0 atom stereocenters. The fourth-order valence-corrected chi connectivity index (χ4v) is 2.11. The molecular formula is C17H15F6N. The van der Waals surface area contributed by atoms with E-state index in [1.165, 1.54) is 24.3 Å². The predicted molar refractivity (Wildman–Crippen MR) is 78.2 cm³/mol. The van der Waals surface area contributed by atoms with E-state index < -0.39 is 17.7 Å². The summed E-state index contributed by atoms with van der Waals surface area (Å²) in [5, 5.41) is 3.05. The van der Waals surface area contributed by atoms with Crippen LogP contribution in [0.4, 0.5) is 26.3 Å². The van der Waals surface area contributed by atoms with Gasteiger partial charge in [0.05, 0.1) is 0 Å². The Morgan fingerprint density at radius 1 is 0.750 bits per heavy atom. The summed E-state index contributed by atoms with van der Waals surface area (Å²) in [5.41, 5.74) is 0.449. The average Bonchev–Trinajstić information content (AvgIpc) is 2.52. The third kappa shape index (κ3) is 4.50. The zero-order valence-electron chi connectivity index (χ0n) is 12.5. The highest BCUT2D eigenvalue weighted by Crippen LogP contribution is 2.43. The van der Waals surface area contributed by atoms with Gasteiger partial charge in [-0.15, -0.1) is 0 Å². The van der Waals surface area contributed by atoms with Crippen LogP contribution in [-0.4, -0.2) is 12.7 Å². The van der Waals surface area contributed by atoms with Crippen LogP contribution in [0.5, 0.6) is 0 Å². The molecule has 0 spiro atoms. The van der Waals surface area contributed by atoms with Gasteiger partial charge >= 0.3 is 12.1 Å². The highest BCUT2D eigenvalue weighted by Gasteiger charge is 2.58. The van der Waals surface area contributed by atoms with Crippen LogP contribution in [0.1, 0.15) is 16.7 Å². The molecule has 0 aliphatic heterocycles. The summed E-state index contributed by atoms with van der Waals surface area (Å²) in [5.74, 6) is -5.18. The number of alkyl halides is 5. The molecule has 1 N–H and O–H groups in total. The first-order valence-corrected chi connectivity index (χ1v) is 7.19. The molecule has 0 unspecified atom stereocenters. The van der Waals surface area contributed by atoms with Crippen molar-refractivity contribution in [2.24, 2.45) is 0 Å². The van der Waals surface area contributed by atoms with Crippen molar-refractivity contribution in [1.29, 1.82) is 0 Å². The molecule has 0 aromatic heterocycles. The van der Waals surface area contributed by atoms with E-state index in [1.54, 1.807) is 12.1 Å². The highest BCUT2D eigenvalue weighted by atomic mass is 19.4. The molecule has 0 saturated carbocycles. The number of hydrogen-bond acceptors (Lipinski definition) is 1. The quantitative estimate of drug-likeness (QED) is 0.584. The van der Waals surface area contributed by atoms with E-state index in [1.807, 2.05) is 0 Å². The van der Waals surface area contributed by atoms with Crippen molar-refractivity contribution >= 4 is 0 Å². The second-order valence-electron chi connectivity index (χ2n) is 5.32. The summed E-state index contributed by atoms with van der Waals surface area (Å²) >= 11 is 0. The second kappa shape index (κ2) is 7.25. The molecule has 24 heavy (non-hydrogen) atoms. The summed E-state index contributed by atoms with van der Waals surface area (Å²) in [6.07, 6.45) is -4.97. The van der Waals surface area contributed by atoms with E-state index in [-0.39, 0.29) is 5.82 Å². The van der Waals surface area contributed by atoms with E-state index >= 15 is 0 Å². The van der Waals surface area contributed by atoms with Gasteiger partial charge in [-0.3, -0.25) is 0 Å². The lowest BCUT2D eigenvalue weighted by Crippen LogP contribution is -2.33. The van der Waals surface area contributed by atoms with E-state index in [2.05, 4.69) is 5.32 Å². The molecule has 2 aromatic rings. The third-order valence-electron chi connectivity index (χ3n) is 3.51. The van der Waals surface area contributed by atoms with Gasteiger partial charge in [-0.05, 0) is 36.2 Å². The lowest BCUT2D eigenvalue weighted by molar-refractivity contribution is -0.289. The van der Waals surface area contributed by atoms with Crippen molar-refractivity contribution in [1.82, 2.24) is 5.32 Å². The maximum absolute atomic E-state index is 13.1. The molecule has 0 heterocycles. The highest BCUT2D eigenvalue weighted by molar-refractivity contribution is 5.27. The van der Waals surface area contributed by atoms with Crippen molar-refractivity contribution in [3.05, 3.63) is 71.0 Å². The normalized spacial score (nSPS) is 12.4. The van der Waals surface area contributed by atoms with E-state index in [9.17, 15) is 26.3 Å². The van der Waals surface area contributed by atoms with Crippen molar-refractivity contribution in [2.45, 2.75) is 25.1 Å². The number of hydrogen-bond donors (Lipinski definition) is 1. The maximum Gasteiger partial charge on any atom is 0.458 e. The first-order valence-electron chi connectivity index (χ1n) is 7.19. The van der Waals surface area contributed by atoms with Gasteiger partial charge in [0.1, 0.15) is 5.82 Å². The molecule has 0 bridgehead atoms. The zero-order chi connectivity index (χ0) is 17.8. The van der Waals surface area contributed by atoms with Crippen LogP contribution < -0.4 is 5.32 Å².